The number of aliphatic carboxylic acids is 1. The van der Waals surface area contributed by atoms with E-state index in [0.29, 0.717) is 12.6 Å². The summed E-state index contributed by atoms with van der Waals surface area (Å²) in [4.78, 5) is 12.9. The van der Waals surface area contributed by atoms with Gasteiger partial charge >= 0.3 is 5.97 Å². The third-order valence-electron chi connectivity index (χ3n) is 3.43. The molecule has 1 atom stereocenters. The first-order valence-corrected chi connectivity index (χ1v) is 6.25. The van der Waals surface area contributed by atoms with E-state index in [1.165, 1.54) is 18.4 Å². The molecule has 1 aliphatic heterocycles. The zero-order chi connectivity index (χ0) is 12.1. The van der Waals surface area contributed by atoms with Gasteiger partial charge in [0.1, 0.15) is 0 Å². The minimum Gasteiger partial charge on any atom is -0.481 e. The summed E-state index contributed by atoms with van der Waals surface area (Å²) in [5, 5.41) is 8.72. The fourth-order valence-electron chi connectivity index (χ4n) is 2.55. The predicted octanol–water partition coefficient (Wildman–Crippen LogP) is 2.17. The number of carboxylic acids is 1. The van der Waals surface area contributed by atoms with Crippen LogP contribution in [0.25, 0.3) is 0 Å². The molecule has 0 amide bonds. The van der Waals surface area contributed by atoms with Gasteiger partial charge in [0.25, 0.3) is 0 Å². The minimum atomic E-state index is -0.699. The zero-order valence-electron chi connectivity index (χ0n) is 10.0. The molecule has 1 aromatic carbocycles. The highest BCUT2D eigenvalue weighted by atomic mass is 16.4. The average Bonchev–Trinajstić information content (AvgIpc) is 2.75. The molecule has 1 heterocycles. The van der Waals surface area contributed by atoms with Gasteiger partial charge in [-0.15, -0.1) is 0 Å². The third-order valence-corrected chi connectivity index (χ3v) is 3.43. The first-order chi connectivity index (χ1) is 8.25. The van der Waals surface area contributed by atoms with Crippen molar-refractivity contribution in [3.05, 3.63) is 35.9 Å². The van der Waals surface area contributed by atoms with E-state index in [2.05, 4.69) is 29.2 Å². The number of nitrogens with zero attached hydrogens (tertiary/aromatic N) is 1. The average molecular weight is 233 g/mol. The van der Waals surface area contributed by atoms with Crippen molar-refractivity contribution >= 4 is 5.97 Å². The maximum absolute atomic E-state index is 10.6. The molecule has 0 spiro atoms. The van der Waals surface area contributed by atoms with Gasteiger partial charge in [-0.05, 0) is 31.4 Å². The quantitative estimate of drug-likeness (QED) is 0.847. The van der Waals surface area contributed by atoms with Crippen LogP contribution in [-0.4, -0.2) is 35.1 Å². The molecule has 1 N–H and O–H groups in total. The van der Waals surface area contributed by atoms with E-state index >= 15 is 0 Å². The first kappa shape index (κ1) is 12.1. The molecular weight excluding hydrogens is 214 g/mol. The van der Waals surface area contributed by atoms with Crippen LogP contribution < -0.4 is 0 Å². The molecule has 2 rings (SSSR count). The highest BCUT2D eigenvalue weighted by molar-refractivity contribution is 5.66. The molecule has 17 heavy (non-hydrogen) atoms. The lowest BCUT2D eigenvalue weighted by molar-refractivity contribution is -0.137. The van der Waals surface area contributed by atoms with Crippen LogP contribution in [-0.2, 0) is 11.2 Å². The van der Waals surface area contributed by atoms with E-state index in [1.54, 1.807) is 0 Å². The fraction of sp³-hybridized carbons (Fsp3) is 0.500. The van der Waals surface area contributed by atoms with E-state index in [9.17, 15) is 4.79 Å². The van der Waals surface area contributed by atoms with Crippen molar-refractivity contribution in [3.8, 4) is 0 Å². The van der Waals surface area contributed by atoms with E-state index in [1.807, 2.05) is 6.07 Å². The Morgan fingerprint density at radius 3 is 2.82 bits per heavy atom. The second-order valence-corrected chi connectivity index (χ2v) is 4.67. The maximum atomic E-state index is 10.6. The summed E-state index contributed by atoms with van der Waals surface area (Å²) in [6.07, 6.45) is 3.68. The molecule has 1 aliphatic rings. The smallest absolute Gasteiger partial charge is 0.304 e. The van der Waals surface area contributed by atoms with Gasteiger partial charge in [-0.1, -0.05) is 30.3 Å². The summed E-state index contributed by atoms with van der Waals surface area (Å²) in [5.74, 6) is -0.699. The molecule has 0 saturated carbocycles. The number of rotatable bonds is 5. The number of benzene rings is 1. The molecule has 0 bridgehead atoms. The highest BCUT2D eigenvalue weighted by Gasteiger charge is 2.24. The van der Waals surface area contributed by atoms with Crippen LogP contribution >= 0.6 is 0 Å². The lowest BCUT2D eigenvalue weighted by Gasteiger charge is -2.23. The lowest BCUT2D eigenvalue weighted by Crippen LogP contribution is -2.33. The van der Waals surface area contributed by atoms with E-state index in [0.717, 1.165) is 13.0 Å². The molecule has 3 heteroatoms. The standard InChI is InChI=1S/C14H19NO2/c16-14(17)8-10-15-9-4-7-13(15)11-12-5-2-1-3-6-12/h1-3,5-6,13H,4,7-11H2,(H,16,17)/t13-/m1/s1. The Morgan fingerprint density at radius 2 is 2.12 bits per heavy atom. The number of carbonyl (C=O) groups is 1. The van der Waals surface area contributed by atoms with Gasteiger partial charge in [0, 0.05) is 12.6 Å². The van der Waals surface area contributed by atoms with E-state index in [4.69, 9.17) is 5.11 Å². The summed E-state index contributed by atoms with van der Waals surface area (Å²) < 4.78 is 0. The highest BCUT2D eigenvalue weighted by Crippen LogP contribution is 2.21. The van der Waals surface area contributed by atoms with Crippen LogP contribution in [0.3, 0.4) is 0 Å². The van der Waals surface area contributed by atoms with Crippen LogP contribution in [0.5, 0.6) is 0 Å². The maximum Gasteiger partial charge on any atom is 0.304 e. The Morgan fingerprint density at radius 1 is 1.35 bits per heavy atom. The van der Waals surface area contributed by atoms with Crippen LogP contribution in [0.4, 0.5) is 0 Å². The van der Waals surface area contributed by atoms with Crippen LogP contribution in [0, 0.1) is 0 Å². The van der Waals surface area contributed by atoms with Crippen molar-refractivity contribution in [2.75, 3.05) is 13.1 Å². The summed E-state index contributed by atoms with van der Waals surface area (Å²) in [6, 6.07) is 11.0. The van der Waals surface area contributed by atoms with Crippen molar-refractivity contribution in [2.45, 2.75) is 31.7 Å². The number of hydrogen-bond acceptors (Lipinski definition) is 2. The van der Waals surface area contributed by atoms with Crippen molar-refractivity contribution in [3.63, 3.8) is 0 Å². The third kappa shape index (κ3) is 3.56. The molecule has 1 fully saturated rings. The first-order valence-electron chi connectivity index (χ1n) is 6.25. The Hall–Kier alpha value is -1.35. The van der Waals surface area contributed by atoms with Crippen LogP contribution in [0.1, 0.15) is 24.8 Å². The summed E-state index contributed by atoms with van der Waals surface area (Å²) >= 11 is 0. The molecule has 0 aromatic heterocycles. The van der Waals surface area contributed by atoms with Gasteiger partial charge in [-0.25, -0.2) is 0 Å². The monoisotopic (exact) mass is 233 g/mol. The number of likely N-dealkylation sites (tertiary alicyclic amines) is 1. The van der Waals surface area contributed by atoms with Crippen LogP contribution in [0.2, 0.25) is 0 Å². The number of carboxylic acid groups (broad SMARTS) is 1. The van der Waals surface area contributed by atoms with E-state index in [-0.39, 0.29) is 6.42 Å². The summed E-state index contributed by atoms with van der Waals surface area (Å²) in [6.45, 7) is 1.73. The van der Waals surface area contributed by atoms with Gasteiger partial charge in [-0.3, -0.25) is 9.69 Å². The van der Waals surface area contributed by atoms with Crippen molar-refractivity contribution < 1.29 is 9.90 Å². The molecule has 92 valence electrons. The Bertz CT molecular complexity index is 364. The summed E-state index contributed by atoms with van der Waals surface area (Å²) in [7, 11) is 0. The van der Waals surface area contributed by atoms with Crippen LogP contribution in [0.15, 0.2) is 30.3 Å². The van der Waals surface area contributed by atoms with Crippen molar-refractivity contribution in [1.29, 1.82) is 0 Å². The topological polar surface area (TPSA) is 40.5 Å². The molecule has 1 aromatic rings. The van der Waals surface area contributed by atoms with Crippen molar-refractivity contribution in [1.82, 2.24) is 4.90 Å². The van der Waals surface area contributed by atoms with Crippen molar-refractivity contribution in [2.24, 2.45) is 0 Å². The van der Waals surface area contributed by atoms with Gasteiger partial charge in [0.05, 0.1) is 6.42 Å². The molecule has 0 aliphatic carbocycles. The molecule has 0 radical (unpaired) electrons. The van der Waals surface area contributed by atoms with Gasteiger partial charge in [-0.2, -0.15) is 0 Å². The molecule has 1 saturated heterocycles. The Kier molecular flexibility index (Phi) is 4.15. The zero-order valence-corrected chi connectivity index (χ0v) is 10.0. The van der Waals surface area contributed by atoms with E-state index < -0.39 is 5.97 Å². The van der Waals surface area contributed by atoms with Gasteiger partial charge in [0.2, 0.25) is 0 Å². The number of hydrogen-bond donors (Lipinski definition) is 1. The SMILES string of the molecule is O=C(O)CCN1CCC[C@@H]1Cc1ccccc1. The fourth-order valence-corrected chi connectivity index (χ4v) is 2.55. The Labute approximate surface area is 102 Å². The minimum absolute atomic E-state index is 0.255. The normalized spacial score (nSPS) is 20.6. The largest absolute Gasteiger partial charge is 0.481 e. The second kappa shape index (κ2) is 5.82. The molecule has 0 unspecified atom stereocenters. The van der Waals surface area contributed by atoms with Gasteiger partial charge < -0.3 is 5.11 Å². The Balaban J connectivity index is 1.89. The summed E-state index contributed by atoms with van der Waals surface area (Å²) in [5.41, 5.74) is 1.35. The predicted molar refractivity (Wildman–Crippen MR) is 67.0 cm³/mol. The lowest BCUT2D eigenvalue weighted by atomic mass is 10.0. The molecule has 3 nitrogen and oxygen atoms in total. The second-order valence-electron chi connectivity index (χ2n) is 4.67. The molecular formula is C14H19NO2. The van der Waals surface area contributed by atoms with Gasteiger partial charge in [0.15, 0.2) is 0 Å².